The molecule has 0 heterocycles. The van der Waals surface area contributed by atoms with Gasteiger partial charge in [-0.15, -0.1) is 0 Å². The second kappa shape index (κ2) is 21.2. The van der Waals surface area contributed by atoms with E-state index in [1.165, 1.54) is 83.5 Å². The quantitative estimate of drug-likeness (QED) is 0.185. The molecule has 0 aromatic heterocycles. The predicted molar refractivity (Wildman–Crippen MR) is 109 cm³/mol. The molecule has 0 spiro atoms. The minimum absolute atomic E-state index is 0.174. The van der Waals surface area contributed by atoms with Gasteiger partial charge in [-0.2, -0.15) is 0 Å². The van der Waals surface area contributed by atoms with Gasteiger partial charge in [0.25, 0.3) is 0 Å². The van der Waals surface area contributed by atoms with Crippen molar-refractivity contribution in [3.8, 4) is 0 Å². The van der Waals surface area contributed by atoms with Crippen LogP contribution >= 0.6 is 0 Å². The van der Waals surface area contributed by atoms with Crippen LogP contribution in [0.1, 0.15) is 110 Å². The lowest BCUT2D eigenvalue weighted by atomic mass is 10.0. The molecule has 0 bridgehead atoms. The van der Waals surface area contributed by atoms with Crippen molar-refractivity contribution in [2.75, 3.05) is 19.8 Å². The van der Waals surface area contributed by atoms with Gasteiger partial charge in [0.05, 0.1) is 13.2 Å². The molecule has 0 amide bonds. The summed E-state index contributed by atoms with van der Waals surface area (Å²) in [6.07, 6.45) is 20.7. The van der Waals surface area contributed by atoms with E-state index in [-0.39, 0.29) is 19.8 Å². The van der Waals surface area contributed by atoms with Crippen molar-refractivity contribution >= 4 is 11.9 Å². The average Bonchev–Trinajstić information content (AvgIpc) is 2.68. The van der Waals surface area contributed by atoms with Gasteiger partial charge < -0.3 is 14.6 Å². The lowest BCUT2D eigenvalue weighted by Crippen LogP contribution is -2.22. The second-order valence-corrected chi connectivity index (χ2v) is 7.30. The Hall–Kier alpha value is -1.10. The van der Waals surface area contributed by atoms with Crippen molar-refractivity contribution < 1.29 is 24.2 Å². The Morgan fingerprint density at radius 1 is 0.556 bits per heavy atom. The molecule has 0 aliphatic carbocycles. The summed E-state index contributed by atoms with van der Waals surface area (Å²) in [5, 5.41) is 8.50. The summed E-state index contributed by atoms with van der Waals surface area (Å²) in [5.74, 6) is -2.00. The number of aliphatic hydroxyl groups is 1. The SMILES string of the molecule is CCCCCCCCCCCCCCCCCCOC(=O)C(=O)OCCO. The molecule has 0 aromatic carbocycles. The number of esters is 2. The zero-order chi connectivity index (χ0) is 20.0. The number of ether oxygens (including phenoxy) is 2. The molecule has 0 aromatic rings. The van der Waals surface area contributed by atoms with Gasteiger partial charge in [-0.05, 0) is 6.42 Å². The highest BCUT2D eigenvalue weighted by atomic mass is 16.6. The molecule has 0 saturated heterocycles. The predicted octanol–water partition coefficient (Wildman–Crippen LogP) is 5.33. The van der Waals surface area contributed by atoms with Crippen LogP contribution in [0.5, 0.6) is 0 Å². The lowest BCUT2D eigenvalue weighted by Gasteiger charge is -2.05. The third-order valence-electron chi connectivity index (χ3n) is 4.72. The summed E-state index contributed by atoms with van der Waals surface area (Å²) in [5.41, 5.74) is 0. The summed E-state index contributed by atoms with van der Waals surface area (Å²) in [7, 11) is 0. The van der Waals surface area contributed by atoms with Crippen molar-refractivity contribution in [2.24, 2.45) is 0 Å². The molecule has 0 fully saturated rings. The van der Waals surface area contributed by atoms with Gasteiger partial charge in [-0.25, -0.2) is 9.59 Å². The van der Waals surface area contributed by atoms with E-state index in [4.69, 9.17) is 9.84 Å². The van der Waals surface area contributed by atoms with E-state index in [1.807, 2.05) is 0 Å². The van der Waals surface area contributed by atoms with Crippen LogP contribution in [0, 0.1) is 0 Å². The van der Waals surface area contributed by atoms with E-state index in [2.05, 4.69) is 11.7 Å². The van der Waals surface area contributed by atoms with E-state index >= 15 is 0 Å². The fourth-order valence-corrected chi connectivity index (χ4v) is 3.07. The van der Waals surface area contributed by atoms with Crippen LogP contribution in [0.2, 0.25) is 0 Å². The highest BCUT2D eigenvalue weighted by Gasteiger charge is 2.16. The zero-order valence-electron chi connectivity index (χ0n) is 17.5. The van der Waals surface area contributed by atoms with Crippen molar-refractivity contribution in [3.05, 3.63) is 0 Å². The largest absolute Gasteiger partial charge is 0.457 e. The Kier molecular flexibility index (Phi) is 20.3. The zero-order valence-corrected chi connectivity index (χ0v) is 17.5. The monoisotopic (exact) mass is 386 g/mol. The smallest absolute Gasteiger partial charge is 0.417 e. The van der Waals surface area contributed by atoms with Crippen LogP contribution in [0.4, 0.5) is 0 Å². The molecule has 0 saturated carbocycles. The summed E-state index contributed by atoms with van der Waals surface area (Å²) in [4.78, 5) is 22.3. The standard InChI is InChI=1S/C22H42O5/c1-2-3-4-5-6-7-8-9-10-11-12-13-14-15-16-17-19-26-21(24)22(25)27-20-18-23/h23H,2-20H2,1H3. The molecular weight excluding hydrogens is 344 g/mol. The molecule has 5 nitrogen and oxygen atoms in total. The first-order chi connectivity index (χ1) is 13.2. The van der Waals surface area contributed by atoms with E-state index in [0.29, 0.717) is 0 Å². The first kappa shape index (κ1) is 25.9. The summed E-state index contributed by atoms with van der Waals surface area (Å²) in [6, 6.07) is 0. The normalized spacial score (nSPS) is 10.7. The fraction of sp³-hybridized carbons (Fsp3) is 0.909. The molecule has 0 radical (unpaired) electrons. The van der Waals surface area contributed by atoms with Crippen molar-refractivity contribution in [2.45, 2.75) is 110 Å². The van der Waals surface area contributed by atoms with Gasteiger partial charge in [0, 0.05) is 0 Å². The van der Waals surface area contributed by atoms with Gasteiger partial charge in [0.1, 0.15) is 6.61 Å². The average molecular weight is 387 g/mol. The van der Waals surface area contributed by atoms with Gasteiger partial charge >= 0.3 is 11.9 Å². The summed E-state index contributed by atoms with van der Waals surface area (Å²) >= 11 is 0. The Balaban J connectivity index is 3.16. The van der Waals surface area contributed by atoms with Crippen LogP contribution in [0.15, 0.2) is 0 Å². The number of hydrogen-bond acceptors (Lipinski definition) is 5. The third kappa shape index (κ3) is 19.5. The molecule has 0 atom stereocenters. The van der Waals surface area contributed by atoms with E-state index < -0.39 is 11.9 Å². The van der Waals surface area contributed by atoms with Gasteiger partial charge in [0.15, 0.2) is 0 Å². The first-order valence-corrected chi connectivity index (χ1v) is 11.2. The maximum atomic E-state index is 11.2. The summed E-state index contributed by atoms with van der Waals surface area (Å²) in [6.45, 7) is 2.05. The Morgan fingerprint density at radius 3 is 1.26 bits per heavy atom. The van der Waals surface area contributed by atoms with E-state index in [9.17, 15) is 9.59 Å². The molecular formula is C22H42O5. The van der Waals surface area contributed by atoms with Crippen LogP contribution in [-0.2, 0) is 19.1 Å². The molecule has 160 valence electrons. The molecule has 27 heavy (non-hydrogen) atoms. The number of aliphatic hydroxyl groups excluding tert-OH is 1. The molecule has 1 N–H and O–H groups in total. The van der Waals surface area contributed by atoms with E-state index in [1.54, 1.807) is 0 Å². The fourth-order valence-electron chi connectivity index (χ4n) is 3.07. The maximum absolute atomic E-state index is 11.2. The summed E-state index contributed by atoms with van der Waals surface area (Å²) < 4.78 is 9.30. The van der Waals surface area contributed by atoms with Crippen LogP contribution in [0.25, 0.3) is 0 Å². The minimum atomic E-state index is -1.03. The topological polar surface area (TPSA) is 72.8 Å². The Labute approximate surface area is 166 Å². The molecule has 5 heteroatoms. The van der Waals surface area contributed by atoms with Crippen molar-refractivity contribution in [1.82, 2.24) is 0 Å². The first-order valence-electron chi connectivity index (χ1n) is 11.2. The van der Waals surface area contributed by atoms with Crippen LogP contribution in [-0.4, -0.2) is 36.9 Å². The van der Waals surface area contributed by atoms with Gasteiger partial charge in [-0.3, -0.25) is 0 Å². The molecule has 0 rings (SSSR count). The number of carbonyl (C=O) groups is 2. The van der Waals surface area contributed by atoms with E-state index in [0.717, 1.165) is 19.3 Å². The number of hydrogen-bond donors (Lipinski definition) is 1. The lowest BCUT2D eigenvalue weighted by molar-refractivity contribution is -0.168. The Bertz CT molecular complexity index is 344. The highest BCUT2D eigenvalue weighted by molar-refractivity contribution is 6.29. The maximum Gasteiger partial charge on any atom is 0.417 e. The van der Waals surface area contributed by atoms with Crippen molar-refractivity contribution in [1.29, 1.82) is 0 Å². The third-order valence-corrected chi connectivity index (χ3v) is 4.72. The number of carbonyl (C=O) groups excluding carboxylic acids is 2. The Morgan fingerprint density at radius 2 is 0.889 bits per heavy atom. The van der Waals surface area contributed by atoms with Gasteiger partial charge in [-0.1, -0.05) is 103 Å². The van der Waals surface area contributed by atoms with Crippen LogP contribution < -0.4 is 0 Å². The minimum Gasteiger partial charge on any atom is -0.457 e. The second-order valence-electron chi connectivity index (χ2n) is 7.30. The van der Waals surface area contributed by atoms with Crippen LogP contribution in [0.3, 0.4) is 0 Å². The molecule has 0 aliphatic rings. The highest BCUT2D eigenvalue weighted by Crippen LogP contribution is 2.13. The van der Waals surface area contributed by atoms with Crippen molar-refractivity contribution in [3.63, 3.8) is 0 Å². The van der Waals surface area contributed by atoms with Gasteiger partial charge in [0.2, 0.25) is 0 Å². The molecule has 0 aliphatic heterocycles. The molecule has 0 unspecified atom stereocenters. The number of unbranched alkanes of at least 4 members (excludes halogenated alkanes) is 15. The number of rotatable bonds is 19.